The molecule has 0 aliphatic heterocycles. The molecule has 17 heavy (non-hydrogen) atoms. The van der Waals surface area contributed by atoms with E-state index in [2.05, 4.69) is 0 Å². The van der Waals surface area contributed by atoms with E-state index in [0.717, 1.165) is 13.8 Å². The highest BCUT2D eigenvalue weighted by molar-refractivity contribution is 4.99. The maximum absolute atomic E-state index is 12.6. The third-order valence-electron chi connectivity index (χ3n) is 1.61. The highest BCUT2D eigenvalue weighted by Crippen LogP contribution is 2.52. The Morgan fingerprint density at radius 1 is 0.706 bits per heavy atom. The summed E-state index contributed by atoms with van der Waals surface area (Å²) in [7, 11) is 0. The van der Waals surface area contributed by atoms with E-state index in [1.54, 1.807) is 0 Å². The van der Waals surface area contributed by atoms with Crippen molar-refractivity contribution < 1.29 is 39.5 Å². The molecule has 0 bridgehead atoms. The van der Waals surface area contributed by atoms with Crippen LogP contribution in [0.4, 0.5) is 39.5 Å². The quantitative estimate of drug-likeness (QED) is 0.613. The van der Waals surface area contributed by atoms with Gasteiger partial charge in [0.25, 0.3) is 0 Å². The number of halogens is 9. The largest absolute Gasteiger partial charge is 0.460 e. The van der Waals surface area contributed by atoms with Gasteiger partial charge < -0.3 is 0 Å². The Kier molecular flexibility index (Phi) is 4.05. The molecule has 104 valence electrons. The van der Waals surface area contributed by atoms with Crippen LogP contribution < -0.4 is 5.32 Å². The Labute approximate surface area is 90.0 Å². The van der Waals surface area contributed by atoms with E-state index >= 15 is 0 Å². The van der Waals surface area contributed by atoms with E-state index < -0.39 is 30.1 Å². The summed E-state index contributed by atoms with van der Waals surface area (Å²) in [5, 5.41) is 0.674. The zero-order chi connectivity index (χ0) is 14.3. The fourth-order valence-electron chi connectivity index (χ4n) is 0.828. The lowest BCUT2D eigenvalue weighted by Crippen LogP contribution is -2.66. The van der Waals surface area contributed by atoms with Crippen LogP contribution in [0, 0.1) is 0 Å². The van der Waals surface area contributed by atoms with Crippen LogP contribution in [0.2, 0.25) is 0 Å². The fraction of sp³-hybridized carbons (Fsp3) is 1.00. The van der Waals surface area contributed by atoms with E-state index in [1.807, 2.05) is 0 Å². The predicted molar refractivity (Wildman–Crippen MR) is 39.2 cm³/mol. The molecule has 0 aromatic carbocycles. The molecule has 0 radical (unpaired) electrons. The molecule has 0 spiro atoms. The summed E-state index contributed by atoms with van der Waals surface area (Å²) in [4.78, 5) is 0. The summed E-state index contributed by atoms with van der Waals surface area (Å²) < 4.78 is 110. The van der Waals surface area contributed by atoms with Gasteiger partial charge in [-0.15, -0.1) is 0 Å². The lowest BCUT2D eigenvalue weighted by molar-refractivity contribution is -0.401. The van der Waals surface area contributed by atoms with Gasteiger partial charge in [-0.2, -0.15) is 39.5 Å². The third-order valence-corrected chi connectivity index (χ3v) is 1.61. The number of rotatable bonds is 4. The molecule has 0 fully saturated rings. The van der Waals surface area contributed by atoms with Crippen LogP contribution in [-0.4, -0.2) is 30.1 Å². The third kappa shape index (κ3) is 2.78. The molecule has 0 saturated carbocycles. The van der Waals surface area contributed by atoms with Gasteiger partial charge >= 0.3 is 24.1 Å². The lowest BCUT2D eigenvalue weighted by Gasteiger charge is -2.34. The predicted octanol–water partition coefficient (Wildman–Crippen LogP) is 3.41. The van der Waals surface area contributed by atoms with Gasteiger partial charge in [0.1, 0.15) is 0 Å². The summed E-state index contributed by atoms with van der Waals surface area (Å²) >= 11 is 0. The molecule has 0 aromatic rings. The van der Waals surface area contributed by atoms with Gasteiger partial charge in [0, 0.05) is 6.04 Å². The van der Waals surface area contributed by atoms with Crippen molar-refractivity contribution in [1.29, 1.82) is 0 Å². The molecule has 0 aliphatic carbocycles. The molecule has 0 saturated heterocycles. The second-order valence-electron chi connectivity index (χ2n) is 3.52. The van der Waals surface area contributed by atoms with E-state index in [4.69, 9.17) is 0 Å². The molecule has 0 atom stereocenters. The number of alkyl halides is 9. The number of nitrogens with one attached hydrogen (secondary N) is 1. The van der Waals surface area contributed by atoms with Crippen LogP contribution in [0.1, 0.15) is 13.8 Å². The van der Waals surface area contributed by atoms with Crippen LogP contribution >= 0.6 is 0 Å². The van der Waals surface area contributed by atoms with E-state index in [-0.39, 0.29) is 0 Å². The van der Waals surface area contributed by atoms with Gasteiger partial charge in [-0.05, 0) is 13.8 Å². The molecule has 1 nitrogen and oxygen atoms in total. The number of hydrogen-bond donors (Lipinski definition) is 1. The summed E-state index contributed by atoms with van der Waals surface area (Å²) in [6, 6.07) is -7.11. The van der Waals surface area contributed by atoms with Crippen molar-refractivity contribution in [3.8, 4) is 0 Å². The minimum atomic E-state index is -6.84. The monoisotopic (exact) mass is 277 g/mol. The van der Waals surface area contributed by atoms with Crippen LogP contribution in [0.5, 0.6) is 0 Å². The SMILES string of the molecule is CC(C)NC(F)(F)C(F)(F)C(F)(F)C(F)(F)F. The van der Waals surface area contributed by atoms with Gasteiger partial charge in [0.05, 0.1) is 0 Å². The van der Waals surface area contributed by atoms with Crippen LogP contribution in [0.3, 0.4) is 0 Å². The molecule has 0 aliphatic rings. The molecule has 0 rings (SSSR count). The van der Waals surface area contributed by atoms with Gasteiger partial charge in [-0.3, -0.25) is 5.32 Å². The Morgan fingerprint density at radius 3 is 1.29 bits per heavy atom. The maximum atomic E-state index is 12.6. The minimum absolute atomic E-state index is 0.674. The smallest absolute Gasteiger partial charge is 0.250 e. The van der Waals surface area contributed by atoms with Crippen molar-refractivity contribution in [3.05, 3.63) is 0 Å². The first-order valence-corrected chi connectivity index (χ1v) is 4.14. The summed E-state index contributed by atoms with van der Waals surface area (Å²) in [5.74, 6) is -13.4. The van der Waals surface area contributed by atoms with Crippen LogP contribution in [0.15, 0.2) is 0 Å². The normalized spacial score (nSPS) is 15.5. The van der Waals surface area contributed by atoms with Crippen LogP contribution in [-0.2, 0) is 0 Å². The zero-order valence-corrected chi connectivity index (χ0v) is 8.48. The fourth-order valence-corrected chi connectivity index (χ4v) is 0.828. The highest BCUT2D eigenvalue weighted by Gasteiger charge is 2.81. The van der Waals surface area contributed by atoms with Crippen molar-refractivity contribution in [3.63, 3.8) is 0 Å². The Morgan fingerprint density at radius 2 is 1.06 bits per heavy atom. The van der Waals surface area contributed by atoms with Crippen molar-refractivity contribution in [2.24, 2.45) is 0 Å². The van der Waals surface area contributed by atoms with Gasteiger partial charge in [-0.1, -0.05) is 0 Å². The van der Waals surface area contributed by atoms with E-state index in [0.29, 0.717) is 5.32 Å². The van der Waals surface area contributed by atoms with Crippen molar-refractivity contribution in [1.82, 2.24) is 5.32 Å². The highest BCUT2D eigenvalue weighted by atomic mass is 19.4. The molecule has 0 unspecified atom stereocenters. The average Bonchev–Trinajstić information content (AvgIpc) is 1.98. The Hall–Kier alpha value is -0.670. The molecular weight excluding hydrogens is 269 g/mol. The Balaban J connectivity index is 5.39. The molecule has 0 heterocycles. The number of hydrogen-bond acceptors (Lipinski definition) is 1. The van der Waals surface area contributed by atoms with Crippen molar-refractivity contribution in [2.45, 2.75) is 44.0 Å². The summed E-state index contributed by atoms with van der Waals surface area (Å²) in [6.45, 7) is 1.77. The lowest BCUT2D eigenvalue weighted by atomic mass is 10.1. The van der Waals surface area contributed by atoms with Crippen molar-refractivity contribution in [2.75, 3.05) is 0 Å². The van der Waals surface area contributed by atoms with E-state index in [1.165, 1.54) is 0 Å². The molecule has 10 heteroatoms. The molecule has 0 aromatic heterocycles. The topological polar surface area (TPSA) is 12.0 Å². The second kappa shape index (κ2) is 4.21. The van der Waals surface area contributed by atoms with E-state index in [9.17, 15) is 39.5 Å². The second-order valence-corrected chi connectivity index (χ2v) is 3.52. The molecule has 0 amide bonds. The first-order chi connectivity index (χ1) is 7.17. The van der Waals surface area contributed by atoms with Gasteiger partial charge in [-0.25, -0.2) is 0 Å². The maximum Gasteiger partial charge on any atom is 0.460 e. The van der Waals surface area contributed by atoms with Gasteiger partial charge in [0.2, 0.25) is 0 Å². The molecular formula is C7H8F9N. The summed E-state index contributed by atoms with van der Waals surface area (Å²) in [6.07, 6.45) is -6.78. The van der Waals surface area contributed by atoms with Crippen molar-refractivity contribution >= 4 is 0 Å². The van der Waals surface area contributed by atoms with Crippen LogP contribution in [0.25, 0.3) is 0 Å². The zero-order valence-electron chi connectivity index (χ0n) is 8.48. The molecule has 1 N–H and O–H groups in total. The standard InChI is InChI=1S/C7H8F9N/c1-3(2)17-7(15,16)5(10,11)4(8,9)6(12,13)14/h3,17H,1-2H3. The van der Waals surface area contributed by atoms with Gasteiger partial charge in [0.15, 0.2) is 0 Å². The minimum Gasteiger partial charge on any atom is -0.250 e. The average molecular weight is 277 g/mol. The first kappa shape index (κ1) is 16.3. The first-order valence-electron chi connectivity index (χ1n) is 4.14. The summed E-state index contributed by atoms with van der Waals surface area (Å²) in [5.41, 5.74) is 0. The Bertz CT molecular complexity index is 267.